The van der Waals surface area contributed by atoms with E-state index in [1.54, 1.807) is 6.92 Å². The van der Waals surface area contributed by atoms with E-state index in [0.717, 1.165) is 13.0 Å². The molecule has 0 amide bonds. The molecule has 21 heavy (non-hydrogen) atoms. The standard InChI is InChI=1S/C14H20N2O4S/c1-3-20-14(18)10-11(15)12(8(2)17)21-13(10)16-6-9-4-5-19-7-9/h9,16H,3-7,15H2,1-2H3. The number of rotatable bonds is 6. The van der Waals surface area contributed by atoms with E-state index in [4.69, 9.17) is 15.2 Å². The SMILES string of the molecule is CCOC(=O)c1c(NCC2CCOC2)sc(C(C)=O)c1N. The fourth-order valence-corrected chi connectivity index (χ4v) is 3.23. The van der Waals surface area contributed by atoms with Crippen molar-refractivity contribution in [2.45, 2.75) is 20.3 Å². The molecule has 1 aromatic rings. The Balaban J connectivity index is 2.22. The molecule has 1 aliphatic rings. The normalized spacial score (nSPS) is 17.7. The number of nitrogens with two attached hydrogens (primary N) is 1. The van der Waals surface area contributed by atoms with Crippen molar-refractivity contribution in [2.75, 3.05) is 37.4 Å². The third kappa shape index (κ3) is 3.54. The summed E-state index contributed by atoms with van der Waals surface area (Å²) in [7, 11) is 0. The number of Topliss-reactive ketones (excluding diaryl/α,β-unsaturated/α-hetero) is 1. The van der Waals surface area contributed by atoms with Gasteiger partial charge in [-0.25, -0.2) is 4.79 Å². The Kier molecular flexibility index (Phi) is 5.19. The highest BCUT2D eigenvalue weighted by Gasteiger charge is 2.26. The fraction of sp³-hybridized carbons (Fsp3) is 0.571. The molecule has 0 bridgehead atoms. The number of thiophene rings is 1. The average Bonchev–Trinajstić information content (AvgIpc) is 3.04. The van der Waals surface area contributed by atoms with Gasteiger partial charge in [-0.05, 0) is 13.3 Å². The van der Waals surface area contributed by atoms with Crippen LogP contribution in [0.5, 0.6) is 0 Å². The van der Waals surface area contributed by atoms with Crippen LogP contribution >= 0.6 is 11.3 Å². The lowest BCUT2D eigenvalue weighted by Gasteiger charge is -2.11. The van der Waals surface area contributed by atoms with Crippen molar-refractivity contribution in [3.05, 3.63) is 10.4 Å². The molecule has 0 spiro atoms. The molecule has 1 aromatic heterocycles. The van der Waals surface area contributed by atoms with Crippen molar-refractivity contribution in [3.63, 3.8) is 0 Å². The quantitative estimate of drug-likeness (QED) is 0.618. The van der Waals surface area contributed by atoms with Gasteiger partial charge in [-0.15, -0.1) is 11.3 Å². The van der Waals surface area contributed by atoms with Gasteiger partial charge in [0, 0.05) is 26.0 Å². The minimum Gasteiger partial charge on any atom is -0.462 e. The van der Waals surface area contributed by atoms with E-state index >= 15 is 0 Å². The molecule has 0 aliphatic carbocycles. The molecule has 1 fully saturated rings. The first-order valence-electron chi connectivity index (χ1n) is 6.96. The van der Waals surface area contributed by atoms with Gasteiger partial charge in [0.25, 0.3) is 0 Å². The molecule has 0 saturated carbocycles. The second kappa shape index (κ2) is 6.91. The van der Waals surface area contributed by atoms with Crippen LogP contribution in [0.25, 0.3) is 0 Å². The molecule has 6 nitrogen and oxygen atoms in total. The number of hydrogen-bond acceptors (Lipinski definition) is 7. The number of esters is 1. The Morgan fingerprint density at radius 3 is 2.86 bits per heavy atom. The largest absolute Gasteiger partial charge is 0.462 e. The smallest absolute Gasteiger partial charge is 0.343 e. The van der Waals surface area contributed by atoms with Crippen molar-refractivity contribution in [1.82, 2.24) is 0 Å². The summed E-state index contributed by atoms with van der Waals surface area (Å²) in [5.41, 5.74) is 6.42. The molecule has 1 atom stereocenters. The lowest BCUT2D eigenvalue weighted by molar-refractivity contribution is 0.0529. The first-order valence-corrected chi connectivity index (χ1v) is 7.78. The highest BCUT2D eigenvalue weighted by Crippen LogP contribution is 2.37. The molecule has 3 N–H and O–H groups in total. The first-order chi connectivity index (χ1) is 10.0. The molecule has 7 heteroatoms. The topological polar surface area (TPSA) is 90.6 Å². The molecule has 2 heterocycles. The van der Waals surface area contributed by atoms with E-state index in [0.29, 0.717) is 28.9 Å². The minimum atomic E-state index is -0.496. The maximum Gasteiger partial charge on any atom is 0.343 e. The van der Waals surface area contributed by atoms with Crippen LogP contribution in [0, 0.1) is 5.92 Å². The summed E-state index contributed by atoms with van der Waals surface area (Å²) < 4.78 is 10.3. The molecule has 1 saturated heterocycles. The first kappa shape index (κ1) is 15.8. The van der Waals surface area contributed by atoms with E-state index in [-0.39, 0.29) is 23.6 Å². The van der Waals surface area contributed by atoms with E-state index in [9.17, 15) is 9.59 Å². The predicted octanol–water partition coefficient (Wildman–Crippen LogP) is 2.16. The Bertz CT molecular complexity index is 535. The summed E-state index contributed by atoms with van der Waals surface area (Å²) >= 11 is 1.20. The Labute approximate surface area is 127 Å². The second-order valence-electron chi connectivity index (χ2n) is 4.94. The van der Waals surface area contributed by atoms with E-state index in [1.165, 1.54) is 18.3 Å². The Morgan fingerprint density at radius 2 is 2.29 bits per heavy atom. The third-order valence-corrected chi connectivity index (χ3v) is 4.58. The van der Waals surface area contributed by atoms with Gasteiger partial charge in [0.05, 0.1) is 23.8 Å². The number of nitrogens with one attached hydrogen (secondary N) is 1. The van der Waals surface area contributed by atoms with Crippen molar-refractivity contribution >= 4 is 33.8 Å². The molecular formula is C14H20N2O4S. The zero-order valence-corrected chi connectivity index (χ0v) is 13.0. The maximum atomic E-state index is 12.0. The van der Waals surface area contributed by atoms with Gasteiger partial charge in [0.15, 0.2) is 5.78 Å². The highest BCUT2D eigenvalue weighted by atomic mass is 32.1. The zero-order chi connectivity index (χ0) is 15.4. The molecular weight excluding hydrogens is 292 g/mol. The number of carbonyl (C=O) groups is 2. The van der Waals surface area contributed by atoms with Gasteiger partial charge in [0.1, 0.15) is 10.6 Å². The van der Waals surface area contributed by atoms with Crippen LogP contribution in [0.15, 0.2) is 0 Å². The average molecular weight is 312 g/mol. The van der Waals surface area contributed by atoms with Crippen molar-refractivity contribution in [3.8, 4) is 0 Å². The van der Waals surface area contributed by atoms with E-state index in [2.05, 4.69) is 5.32 Å². The third-order valence-electron chi connectivity index (χ3n) is 3.32. The number of nitrogen functional groups attached to an aromatic ring is 1. The second-order valence-corrected chi connectivity index (χ2v) is 5.96. The Hall–Kier alpha value is -1.60. The molecule has 2 rings (SSSR count). The van der Waals surface area contributed by atoms with Gasteiger partial charge in [0.2, 0.25) is 0 Å². The molecule has 0 aromatic carbocycles. The van der Waals surface area contributed by atoms with Crippen molar-refractivity contribution in [2.24, 2.45) is 5.92 Å². The van der Waals surface area contributed by atoms with Gasteiger partial charge in [-0.1, -0.05) is 0 Å². The monoisotopic (exact) mass is 312 g/mol. The van der Waals surface area contributed by atoms with Crippen molar-refractivity contribution in [1.29, 1.82) is 0 Å². The summed E-state index contributed by atoms with van der Waals surface area (Å²) in [6.07, 6.45) is 0.988. The number of carbonyl (C=O) groups excluding carboxylic acids is 2. The van der Waals surface area contributed by atoms with Crippen LogP contribution in [0.2, 0.25) is 0 Å². The van der Waals surface area contributed by atoms with Gasteiger partial charge < -0.3 is 20.5 Å². The van der Waals surface area contributed by atoms with Crippen LogP contribution in [0.4, 0.5) is 10.7 Å². The van der Waals surface area contributed by atoms with E-state index in [1.807, 2.05) is 0 Å². The molecule has 1 aliphatic heterocycles. The lowest BCUT2D eigenvalue weighted by atomic mass is 10.1. The van der Waals surface area contributed by atoms with Crippen LogP contribution in [0.1, 0.15) is 40.3 Å². The summed E-state index contributed by atoms with van der Waals surface area (Å²) in [4.78, 5) is 24.0. The number of ether oxygens (including phenoxy) is 2. The summed E-state index contributed by atoms with van der Waals surface area (Å²) in [6.45, 7) is 5.59. The summed E-state index contributed by atoms with van der Waals surface area (Å²) in [6, 6.07) is 0. The lowest BCUT2D eigenvalue weighted by Crippen LogP contribution is -2.16. The summed E-state index contributed by atoms with van der Waals surface area (Å²) in [5, 5.41) is 3.82. The number of ketones is 1. The molecule has 116 valence electrons. The zero-order valence-electron chi connectivity index (χ0n) is 12.2. The molecule has 1 unspecified atom stereocenters. The van der Waals surface area contributed by atoms with Crippen LogP contribution in [-0.4, -0.2) is 38.1 Å². The van der Waals surface area contributed by atoms with Crippen molar-refractivity contribution < 1.29 is 19.1 Å². The predicted molar refractivity (Wildman–Crippen MR) is 82.1 cm³/mol. The minimum absolute atomic E-state index is 0.153. The van der Waals surface area contributed by atoms with Gasteiger partial charge in [-0.2, -0.15) is 0 Å². The maximum absolute atomic E-state index is 12.0. The number of anilines is 2. The Morgan fingerprint density at radius 1 is 1.52 bits per heavy atom. The van der Waals surface area contributed by atoms with Crippen LogP contribution < -0.4 is 11.1 Å². The van der Waals surface area contributed by atoms with Gasteiger partial charge >= 0.3 is 5.97 Å². The molecule has 0 radical (unpaired) electrons. The van der Waals surface area contributed by atoms with Gasteiger partial charge in [-0.3, -0.25) is 4.79 Å². The van der Waals surface area contributed by atoms with Crippen LogP contribution in [0.3, 0.4) is 0 Å². The fourth-order valence-electron chi connectivity index (χ4n) is 2.22. The highest BCUT2D eigenvalue weighted by molar-refractivity contribution is 7.19. The van der Waals surface area contributed by atoms with E-state index < -0.39 is 5.97 Å². The van der Waals surface area contributed by atoms with Crippen LogP contribution in [-0.2, 0) is 9.47 Å². The summed E-state index contributed by atoms with van der Waals surface area (Å²) in [5.74, 6) is -0.242. The number of hydrogen-bond donors (Lipinski definition) is 2.